The van der Waals surface area contributed by atoms with Crippen LogP contribution >= 0.6 is 0 Å². The summed E-state index contributed by atoms with van der Waals surface area (Å²) < 4.78 is 10.4. The van der Waals surface area contributed by atoms with Crippen molar-refractivity contribution in [3.63, 3.8) is 0 Å². The van der Waals surface area contributed by atoms with Crippen LogP contribution in [0, 0.1) is 11.8 Å². The Bertz CT molecular complexity index is 440. The van der Waals surface area contributed by atoms with Gasteiger partial charge in [0, 0.05) is 6.42 Å². The first-order chi connectivity index (χ1) is 14.4. The van der Waals surface area contributed by atoms with Gasteiger partial charge in [0.25, 0.3) is 0 Å². The number of ether oxygens (including phenoxy) is 2. The van der Waals surface area contributed by atoms with Crippen LogP contribution in [0.25, 0.3) is 0 Å². The Morgan fingerprint density at radius 2 is 1.10 bits per heavy atom. The molecule has 0 aliphatic heterocycles. The molecule has 0 N–H and O–H groups in total. The van der Waals surface area contributed by atoms with Gasteiger partial charge in [-0.1, -0.05) is 84.8 Å². The Balaban J connectivity index is 3.29. The number of carbonyl (C=O) groups is 2. The Kier molecular flexibility index (Phi) is 20.0. The molecule has 0 aliphatic carbocycles. The summed E-state index contributed by atoms with van der Waals surface area (Å²) in [6.45, 7) is 9.64. The summed E-state index contributed by atoms with van der Waals surface area (Å²) in [5, 5.41) is 0. The number of unbranched alkanes of at least 4 members (excludes halogenated alkanes) is 9. The van der Waals surface area contributed by atoms with E-state index in [0.717, 1.165) is 32.1 Å². The van der Waals surface area contributed by atoms with E-state index in [2.05, 4.69) is 33.8 Å². The Hall–Kier alpha value is -1.32. The van der Waals surface area contributed by atoms with Gasteiger partial charge in [0.05, 0.1) is 19.6 Å². The molecule has 176 valence electrons. The van der Waals surface area contributed by atoms with E-state index in [0.29, 0.717) is 37.9 Å². The molecule has 0 bridgehead atoms. The number of rotatable bonds is 20. The largest absolute Gasteiger partial charge is 0.466 e. The molecule has 0 aliphatic rings. The maximum absolute atomic E-state index is 11.6. The average molecular weight is 425 g/mol. The molecule has 0 radical (unpaired) electrons. The lowest BCUT2D eigenvalue weighted by atomic mass is 10.1. The van der Waals surface area contributed by atoms with Crippen molar-refractivity contribution >= 4 is 11.9 Å². The zero-order chi connectivity index (χ0) is 22.5. The highest BCUT2D eigenvalue weighted by molar-refractivity contribution is 5.71. The molecule has 30 heavy (non-hydrogen) atoms. The molecule has 4 heteroatoms. The molecule has 0 fully saturated rings. The maximum atomic E-state index is 11.6. The standard InChI is InChI=1S/C26H48O4/c1-23(2)19-21-29-25(27)17-15-13-11-9-7-5-6-8-10-12-14-16-18-26(28)30-22-20-24(3)4/h13,15,23-24H,5-12,14,16-22H2,1-4H3/b15-13+. The Morgan fingerprint density at radius 1 is 0.633 bits per heavy atom. The van der Waals surface area contributed by atoms with Gasteiger partial charge >= 0.3 is 11.9 Å². The lowest BCUT2D eigenvalue weighted by Gasteiger charge is -2.06. The molecule has 0 aromatic heterocycles. The van der Waals surface area contributed by atoms with Crippen LogP contribution < -0.4 is 0 Å². The molecular formula is C26H48O4. The summed E-state index contributed by atoms with van der Waals surface area (Å²) in [7, 11) is 0. The monoisotopic (exact) mass is 424 g/mol. The van der Waals surface area contributed by atoms with E-state index in [-0.39, 0.29) is 11.9 Å². The summed E-state index contributed by atoms with van der Waals surface area (Å²) in [6, 6.07) is 0. The van der Waals surface area contributed by atoms with Crippen LogP contribution in [-0.2, 0) is 19.1 Å². The molecule has 0 unspecified atom stereocenters. The number of esters is 2. The number of hydrogen-bond acceptors (Lipinski definition) is 4. The zero-order valence-electron chi connectivity index (χ0n) is 20.3. The summed E-state index contributed by atoms with van der Waals surface area (Å²) in [5.41, 5.74) is 0. The molecule has 0 aromatic rings. The highest BCUT2D eigenvalue weighted by Gasteiger charge is 2.03. The van der Waals surface area contributed by atoms with E-state index in [1.807, 2.05) is 6.08 Å². The second kappa shape index (κ2) is 20.9. The van der Waals surface area contributed by atoms with Gasteiger partial charge in [0.2, 0.25) is 0 Å². The van der Waals surface area contributed by atoms with Crippen LogP contribution in [0.2, 0.25) is 0 Å². The van der Waals surface area contributed by atoms with E-state index in [1.165, 1.54) is 44.9 Å². The van der Waals surface area contributed by atoms with Crippen molar-refractivity contribution in [2.45, 2.75) is 118 Å². The Labute approximate surface area is 186 Å². The second-order valence-corrected chi connectivity index (χ2v) is 9.20. The summed E-state index contributed by atoms with van der Waals surface area (Å²) >= 11 is 0. The fraction of sp³-hybridized carbons (Fsp3) is 0.846. The third kappa shape index (κ3) is 23.0. The molecule has 0 heterocycles. The summed E-state index contributed by atoms with van der Waals surface area (Å²) in [5.74, 6) is 1.01. The fourth-order valence-corrected chi connectivity index (χ4v) is 3.01. The number of hydrogen-bond donors (Lipinski definition) is 0. The first-order valence-electron chi connectivity index (χ1n) is 12.4. The van der Waals surface area contributed by atoms with Gasteiger partial charge in [-0.2, -0.15) is 0 Å². The zero-order valence-corrected chi connectivity index (χ0v) is 20.3. The van der Waals surface area contributed by atoms with Crippen molar-refractivity contribution in [1.29, 1.82) is 0 Å². The van der Waals surface area contributed by atoms with Crippen LogP contribution in [0.5, 0.6) is 0 Å². The van der Waals surface area contributed by atoms with Crippen LogP contribution in [0.4, 0.5) is 0 Å². The number of carbonyl (C=O) groups excluding carboxylic acids is 2. The molecule has 0 rings (SSSR count). The molecule has 0 saturated carbocycles. The van der Waals surface area contributed by atoms with Crippen LogP contribution in [0.3, 0.4) is 0 Å². The van der Waals surface area contributed by atoms with E-state index in [1.54, 1.807) is 0 Å². The SMILES string of the molecule is CC(C)CCOC(=O)C/C=C/CCCCCCCCCCCC(=O)OCCC(C)C. The normalized spacial score (nSPS) is 11.5. The smallest absolute Gasteiger partial charge is 0.309 e. The molecular weight excluding hydrogens is 376 g/mol. The second-order valence-electron chi connectivity index (χ2n) is 9.20. The van der Waals surface area contributed by atoms with Gasteiger partial charge in [-0.3, -0.25) is 9.59 Å². The topological polar surface area (TPSA) is 52.6 Å². The van der Waals surface area contributed by atoms with Crippen LogP contribution in [-0.4, -0.2) is 25.2 Å². The van der Waals surface area contributed by atoms with Gasteiger partial charge in [0.15, 0.2) is 0 Å². The number of allylic oxidation sites excluding steroid dienone is 1. The minimum absolute atomic E-state index is 0.0345. The third-order valence-corrected chi connectivity index (χ3v) is 5.12. The van der Waals surface area contributed by atoms with Gasteiger partial charge < -0.3 is 9.47 Å². The van der Waals surface area contributed by atoms with Gasteiger partial charge in [-0.25, -0.2) is 0 Å². The van der Waals surface area contributed by atoms with Gasteiger partial charge in [-0.15, -0.1) is 0 Å². The molecule has 4 nitrogen and oxygen atoms in total. The highest BCUT2D eigenvalue weighted by atomic mass is 16.5. The van der Waals surface area contributed by atoms with Crippen molar-refractivity contribution in [2.75, 3.05) is 13.2 Å². The first kappa shape index (κ1) is 28.7. The Morgan fingerprint density at radius 3 is 1.63 bits per heavy atom. The van der Waals surface area contributed by atoms with Gasteiger partial charge in [-0.05, 0) is 43.9 Å². The predicted molar refractivity (Wildman–Crippen MR) is 125 cm³/mol. The lowest BCUT2D eigenvalue weighted by Crippen LogP contribution is -2.07. The average Bonchev–Trinajstić information content (AvgIpc) is 2.67. The first-order valence-corrected chi connectivity index (χ1v) is 12.4. The summed E-state index contributed by atoms with van der Waals surface area (Å²) in [6.07, 6.45) is 18.8. The minimum Gasteiger partial charge on any atom is -0.466 e. The third-order valence-electron chi connectivity index (χ3n) is 5.12. The van der Waals surface area contributed by atoms with Crippen LogP contribution in [0.15, 0.2) is 12.2 Å². The molecule has 0 saturated heterocycles. The van der Waals surface area contributed by atoms with Crippen molar-refractivity contribution < 1.29 is 19.1 Å². The fourth-order valence-electron chi connectivity index (χ4n) is 3.01. The van der Waals surface area contributed by atoms with Crippen molar-refractivity contribution in [1.82, 2.24) is 0 Å². The maximum Gasteiger partial charge on any atom is 0.309 e. The van der Waals surface area contributed by atoms with E-state index < -0.39 is 0 Å². The van der Waals surface area contributed by atoms with E-state index in [9.17, 15) is 9.59 Å². The van der Waals surface area contributed by atoms with Gasteiger partial charge in [0.1, 0.15) is 0 Å². The molecule has 0 atom stereocenters. The highest BCUT2D eigenvalue weighted by Crippen LogP contribution is 2.12. The molecule has 0 spiro atoms. The van der Waals surface area contributed by atoms with Crippen molar-refractivity contribution in [3.8, 4) is 0 Å². The van der Waals surface area contributed by atoms with Crippen LogP contribution in [0.1, 0.15) is 118 Å². The van der Waals surface area contributed by atoms with Crippen molar-refractivity contribution in [3.05, 3.63) is 12.2 Å². The van der Waals surface area contributed by atoms with E-state index >= 15 is 0 Å². The van der Waals surface area contributed by atoms with E-state index in [4.69, 9.17) is 9.47 Å². The molecule has 0 amide bonds. The quantitative estimate of drug-likeness (QED) is 0.116. The molecule has 0 aromatic carbocycles. The predicted octanol–water partition coefficient (Wildman–Crippen LogP) is 7.40. The lowest BCUT2D eigenvalue weighted by molar-refractivity contribution is -0.144. The summed E-state index contributed by atoms with van der Waals surface area (Å²) in [4.78, 5) is 23.1. The van der Waals surface area contributed by atoms with Crippen molar-refractivity contribution in [2.24, 2.45) is 11.8 Å². The minimum atomic E-state index is -0.116.